The summed E-state index contributed by atoms with van der Waals surface area (Å²) in [5.74, 6) is 0.725. The summed E-state index contributed by atoms with van der Waals surface area (Å²) in [5.41, 5.74) is 3.00. The van der Waals surface area contributed by atoms with Crippen LogP contribution in [0.25, 0.3) is 11.1 Å². The second-order valence-electron chi connectivity index (χ2n) is 4.64. The molecule has 1 aromatic heterocycles. The molecule has 0 amide bonds. The third-order valence-corrected chi connectivity index (χ3v) is 3.25. The van der Waals surface area contributed by atoms with Crippen LogP contribution in [0, 0.1) is 0 Å². The summed E-state index contributed by atoms with van der Waals surface area (Å²) in [5, 5.41) is 3.30. The van der Waals surface area contributed by atoms with Gasteiger partial charge in [-0.05, 0) is 37.1 Å². The zero-order valence-corrected chi connectivity index (χ0v) is 10.6. The number of benzene rings is 1. The Morgan fingerprint density at radius 1 is 1.44 bits per heavy atom. The molecule has 1 fully saturated rings. The van der Waals surface area contributed by atoms with Crippen LogP contribution in [0.5, 0.6) is 0 Å². The predicted molar refractivity (Wildman–Crippen MR) is 69.3 cm³/mol. The van der Waals surface area contributed by atoms with Crippen molar-refractivity contribution in [3.8, 4) is 0 Å². The molecule has 0 saturated carbocycles. The van der Waals surface area contributed by atoms with Gasteiger partial charge >= 0.3 is 0 Å². The molecule has 1 unspecified atom stereocenters. The van der Waals surface area contributed by atoms with E-state index < -0.39 is 0 Å². The van der Waals surface area contributed by atoms with Crippen molar-refractivity contribution >= 4 is 11.1 Å². The van der Waals surface area contributed by atoms with Gasteiger partial charge in [0.05, 0.1) is 0 Å². The van der Waals surface area contributed by atoms with Crippen LogP contribution in [0.2, 0.25) is 0 Å². The number of oxazole rings is 1. The number of nitrogens with one attached hydrogen (secondary N) is 1. The molecule has 2 aromatic rings. The molecule has 3 rings (SSSR count). The van der Waals surface area contributed by atoms with Gasteiger partial charge in [0.25, 0.3) is 0 Å². The molecule has 1 N–H and O–H groups in total. The number of aromatic nitrogens is 1. The molecule has 1 aliphatic rings. The van der Waals surface area contributed by atoms with Crippen LogP contribution >= 0.6 is 0 Å². The molecule has 1 aliphatic heterocycles. The second-order valence-corrected chi connectivity index (χ2v) is 4.64. The number of fused-ring (bicyclic) bond motifs is 1. The highest BCUT2D eigenvalue weighted by Crippen LogP contribution is 2.30. The van der Waals surface area contributed by atoms with Crippen LogP contribution in [-0.2, 0) is 11.3 Å². The maximum absolute atomic E-state index is 5.81. The van der Waals surface area contributed by atoms with E-state index in [2.05, 4.69) is 29.4 Å². The Hall–Kier alpha value is -1.39. The van der Waals surface area contributed by atoms with E-state index in [1.807, 2.05) is 6.07 Å². The SMILES string of the molecule is CCNCc1ccc2nc(C3CCCO3)oc2c1. The molecule has 0 bridgehead atoms. The first-order valence-corrected chi connectivity index (χ1v) is 6.58. The summed E-state index contributed by atoms with van der Waals surface area (Å²) >= 11 is 0. The van der Waals surface area contributed by atoms with E-state index in [1.54, 1.807) is 0 Å². The Morgan fingerprint density at radius 3 is 3.17 bits per heavy atom. The summed E-state index contributed by atoms with van der Waals surface area (Å²) in [6.45, 7) is 4.75. The van der Waals surface area contributed by atoms with E-state index in [1.165, 1.54) is 5.56 Å². The molecule has 18 heavy (non-hydrogen) atoms. The largest absolute Gasteiger partial charge is 0.438 e. The maximum Gasteiger partial charge on any atom is 0.224 e. The van der Waals surface area contributed by atoms with E-state index in [4.69, 9.17) is 9.15 Å². The van der Waals surface area contributed by atoms with Crippen LogP contribution in [0.15, 0.2) is 22.6 Å². The quantitative estimate of drug-likeness (QED) is 0.901. The molecule has 1 saturated heterocycles. The zero-order chi connectivity index (χ0) is 12.4. The molecule has 0 radical (unpaired) electrons. The minimum Gasteiger partial charge on any atom is -0.438 e. The Kier molecular flexibility index (Phi) is 3.30. The molecule has 1 aromatic carbocycles. The zero-order valence-electron chi connectivity index (χ0n) is 10.6. The van der Waals surface area contributed by atoms with Gasteiger partial charge in [-0.2, -0.15) is 0 Å². The van der Waals surface area contributed by atoms with Crippen molar-refractivity contribution in [3.05, 3.63) is 29.7 Å². The Morgan fingerprint density at radius 2 is 2.39 bits per heavy atom. The summed E-state index contributed by atoms with van der Waals surface area (Å²) in [6, 6.07) is 6.17. The summed E-state index contributed by atoms with van der Waals surface area (Å²) < 4.78 is 11.4. The van der Waals surface area contributed by atoms with Gasteiger partial charge in [-0.15, -0.1) is 0 Å². The predicted octanol–water partition coefficient (Wildman–Crippen LogP) is 2.79. The second kappa shape index (κ2) is 5.08. The van der Waals surface area contributed by atoms with E-state index >= 15 is 0 Å². The van der Waals surface area contributed by atoms with Crippen LogP contribution < -0.4 is 5.32 Å². The van der Waals surface area contributed by atoms with E-state index in [0.29, 0.717) is 0 Å². The van der Waals surface area contributed by atoms with Crippen LogP contribution in [0.4, 0.5) is 0 Å². The summed E-state index contributed by atoms with van der Waals surface area (Å²) in [4.78, 5) is 4.50. The highest BCUT2D eigenvalue weighted by Gasteiger charge is 2.23. The topological polar surface area (TPSA) is 47.3 Å². The highest BCUT2D eigenvalue weighted by atomic mass is 16.5. The van der Waals surface area contributed by atoms with Gasteiger partial charge in [0.2, 0.25) is 5.89 Å². The minimum absolute atomic E-state index is 0.0506. The monoisotopic (exact) mass is 246 g/mol. The lowest BCUT2D eigenvalue weighted by Gasteiger charge is -2.02. The van der Waals surface area contributed by atoms with Crippen molar-refractivity contribution in [3.63, 3.8) is 0 Å². The van der Waals surface area contributed by atoms with Gasteiger partial charge < -0.3 is 14.5 Å². The van der Waals surface area contributed by atoms with Gasteiger partial charge in [0.1, 0.15) is 11.6 Å². The van der Waals surface area contributed by atoms with Crippen molar-refractivity contribution in [2.24, 2.45) is 0 Å². The molecule has 4 heteroatoms. The fraction of sp³-hybridized carbons (Fsp3) is 0.500. The number of rotatable bonds is 4. The molecule has 4 nitrogen and oxygen atoms in total. The number of nitrogens with zero attached hydrogens (tertiary/aromatic N) is 1. The molecule has 0 aliphatic carbocycles. The van der Waals surface area contributed by atoms with Gasteiger partial charge in [-0.1, -0.05) is 13.0 Å². The first-order chi connectivity index (χ1) is 8.86. The number of hydrogen-bond donors (Lipinski definition) is 1. The summed E-state index contributed by atoms with van der Waals surface area (Å²) in [7, 11) is 0. The molecule has 0 spiro atoms. The van der Waals surface area contributed by atoms with Crippen LogP contribution in [-0.4, -0.2) is 18.1 Å². The maximum atomic E-state index is 5.81. The minimum atomic E-state index is 0.0506. The first-order valence-electron chi connectivity index (χ1n) is 6.58. The van der Waals surface area contributed by atoms with Crippen LogP contribution in [0.3, 0.4) is 0 Å². The van der Waals surface area contributed by atoms with Gasteiger partial charge in [-0.25, -0.2) is 4.98 Å². The molecule has 96 valence electrons. The highest BCUT2D eigenvalue weighted by molar-refractivity contribution is 5.73. The van der Waals surface area contributed by atoms with E-state index in [-0.39, 0.29) is 6.10 Å². The van der Waals surface area contributed by atoms with Crippen molar-refractivity contribution in [2.75, 3.05) is 13.2 Å². The Bertz CT molecular complexity index is 530. The smallest absolute Gasteiger partial charge is 0.224 e. The van der Waals surface area contributed by atoms with Gasteiger partial charge in [0, 0.05) is 13.2 Å². The third-order valence-electron chi connectivity index (χ3n) is 3.25. The normalized spacial score (nSPS) is 19.7. The average molecular weight is 246 g/mol. The number of ether oxygens (including phenoxy) is 1. The lowest BCUT2D eigenvalue weighted by atomic mass is 10.2. The van der Waals surface area contributed by atoms with Gasteiger partial charge in [-0.3, -0.25) is 0 Å². The molecule has 1 atom stereocenters. The molecular weight excluding hydrogens is 228 g/mol. The van der Waals surface area contributed by atoms with Gasteiger partial charge in [0.15, 0.2) is 5.58 Å². The lowest BCUT2D eigenvalue weighted by Crippen LogP contribution is -2.11. The fourth-order valence-electron chi connectivity index (χ4n) is 2.28. The molecule has 2 heterocycles. The van der Waals surface area contributed by atoms with E-state index in [0.717, 1.165) is 49.5 Å². The number of hydrogen-bond acceptors (Lipinski definition) is 4. The lowest BCUT2D eigenvalue weighted by molar-refractivity contribution is 0.0907. The van der Waals surface area contributed by atoms with Crippen molar-refractivity contribution < 1.29 is 9.15 Å². The van der Waals surface area contributed by atoms with Crippen molar-refractivity contribution in [2.45, 2.75) is 32.4 Å². The van der Waals surface area contributed by atoms with Crippen molar-refractivity contribution in [1.29, 1.82) is 0 Å². The Labute approximate surface area is 106 Å². The first kappa shape index (κ1) is 11.7. The summed E-state index contributed by atoms with van der Waals surface area (Å²) in [6.07, 6.45) is 2.15. The standard InChI is InChI=1S/C14H18N2O2/c1-2-15-9-10-5-6-11-13(8-10)18-14(16-11)12-4-3-7-17-12/h5-6,8,12,15H,2-4,7,9H2,1H3. The average Bonchev–Trinajstić information content (AvgIpc) is 3.03. The van der Waals surface area contributed by atoms with E-state index in [9.17, 15) is 0 Å². The third kappa shape index (κ3) is 2.26. The fourth-order valence-corrected chi connectivity index (χ4v) is 2.28. The molecular formula is C14H18N2O2. The van der Waals surface area contributed by atoms with Crippen molar-refractivity contribution in [1.82, 2.24) is 10.3 Å². The Balaban J connectivity index is 1.86. The van der Waals surface area contributed by atoms with Crippen LogP contribution in [0.1, 0.15) is 37.3 Å².